The number of hydrogen-bond donors (Lipinski definition) is 2. The van der Waals surface area contributed by atoms with Crippen molar-refractivity contribution >= 4 is 28.4 Å². The first-order chi connectivity index (χ1) is 12.0. The minimum atomic E-state index is -0.339. The summed E-state index contributed by atoms with van der Waals surface area (Å²) < 4.78 is 15.4. The van der Waals surface area contributed by atoms with Crippen molar-refractivity contribution < 1.29 is 14.0 Å². The summed E-state index contributed by atoms with van der Waals surface area (Å²) in [4.78, 5) is 23.5. The van der Waals surface area contributed by atoms with Crippen molar-refractivity contribution in [1.82, 2.24) is 9.88 Å². The van der Waals surface area contributed by atoms with E-state index in [2.05, 4.69) is 10.6 Å². The smallest absolute Gasteiger partial charge is 0.240 e. The highest BCUT2D eigenvalue weighted by molar-refractivity contribution is 6.01. The minimum absolute atomic E-state index is 0.113. The maximum absolute atomic E-state index is 13.6. The number of hydrogen-bond acceptors (Lipinski definition) is 2. The van der Waals surface area contributed by atoms with Crippen LogP contribution >= 0.6 is 0 Å². The Morgan fingerprint density at radius 1 is 1.08 bits per heavy atom. The van der Waals surface area contributed by atoms with Gasteiger partial charge in [0, 0.05) is 30.6 Å². The molecule has 2 aromatic carbocycles. The summed E-state index contributed by atoms with van der Waals surface area (Å²) in [7, 11) is 0. The van der Waals surface area contributed by atoms with E-state index in [1.54, 1.807) is 29.0 Å². The molecule has 0 aliphatic carbocycles. The Morgan fingerprint density at radius 2 is 1.88 bits per heavy atom. The summed E-state index contributed by atoms with van der Waals surface area (Å²) in [5.41, 5.74) is 1.99. The number of rotatable bonds is 5. The fourth-order valence-electron chi connectivity index (χ4n) is 2.71. The molecule has 2 amide bonds. The number of halogens is 1. The van der Waals surface area contributed by atoms with Crippen LogP contribution in [0.2, 0.25) is 0 Å². The van der Waals surface area contributed by atoms with E-state index in [4.69, 9.17) is 0 Å². The SMILES string of the molecule is CC(=O)Nc1cccc2c1ccn2CC(=O)NCc1ccccc1F. The molecule has 0 unspecified atom stereocenters. The summed E-state index contributed by atoms with van der Waals surface area (Å²) >= 11 is 0. The molecule has 2 N–H and O–H groups in total. The molecule has 128 valence electrons. The van der Waals surface area contributed by atoms with Gasteiger partial charge in [-0.15, -0.1) is 0 Å². The fourth-order valence-corrected chi connectivity index (χ4v) is 2.71. The zero-order chi connectivity index (χ0) is 17.8. The molecule has 0 spiro atoms. The number of carbonyl (C=O) groups is 2. The van der Waals surface area contributed by atoms with Crippen molar-refractivity contribution in [3.8, 4) is 0 Å². The van der Waals surface area contributed by atoms with Gasteiger partial charge in [0.1, 0.15) is 12.4 Å². The number of nitrogens with one attached hydrogen (secondary N) is 2. The lowest BCUT2D eigenvalue weighted by atomic mass is 10.2. The van der Waals surface area contributed by atoms with Gasteiger partial charge in [-0.2, -0.15) is 0 Å². The summed E-state index contributed by atoms with van der Waals surface area (Å²) in [6.45, 7) is 1.70. The first-order valence-corrected chi connectivity index (χ1v) is 7.90. The quantitative estimate of drug-likeness (QED) is 0.750. The number of aromatic nitrogens is 1. The van der Waals surface area contributed by atoms with E-state index in [0.29, 0.717) is 11.3 Å². The molecule has 0 atom stereocenters. The molecule has 1 aromatic heterocycles. The molecule has 3 rings (SSSR count). The van der Waals surface area contributed by atoms with Gasteiger partial charge in [0.05, 0.1) is 11.2 Å². The molecular formula is C19H18FN3O2. The molecule has 0 fully saturated rings. The van der Waals surface area contributed by atoms with Gasteiger partial charge in [0.25, 0.3) is 0 Å². The van der Waals surface area contributed by atoms with Gasteiger partial charge in [0.15, 0.2) is 0 Å². The fraction of sp³-hybridized carbons (Fsp3) is 0.158. The van der Waals surface area contributed by atoms with E-state index in [1.807, 2.05) is 24.3 Å². The maximum atomic E-state index is 13.6. The highest BCUT2D eigenvalue weighted by Gasteiger charge is 2.10. The number of fused-ring (bicyclic) bond motifs is 1. The molecule has 0 saturated heterocycles. The molecule has 6 heteroatoms. The van der Waals surface area contributed by atoms with Gasteiger partial charge in [0.2, 0.25) is 11.8 Å². The third-order valence-electron chi connectivity index (χ3n) is 3.87. The zero-order valence-electron chi connectivity index (χ0n) is 13.8. The third kappa shape index (κ3) is 3.85. The number of benzene rings is 2. The lowest BCUT2D eigenvalue weighted by Gasteiger charge is -2.09. The Kier molecular flexibility index (Phi) is 4.79. The number of nitrogens with zero attached hydrogens (tertiary/aromatic N) is 1. The normalized spacial score (nSPS) is 10.6. The molecule has 5 nitrogen and oxygen atoms in total. The summed E-state index contributed by atoms with van der Waals surface area (Å²) in [6.07, 6.45) is 1.79. The van der Waals surface area contributed by atoms with E-state index in [0.717, 1.165) is 10.9 Å². The molecule has 3 aromatic rings. The molecule has 25 heavy (non-hydrogen) atoms. The number of amides is 2. The van der Waals surface area contributed by atoms with Crippen LogP contribution in [-0.4, -0.2) is 16.4 Å². The van der Waals surface area contributed by atoms with Crippen LogP contribution in [0.25, 0.3) is 10.9 Å². The van der Waals surface area contributed by atoms with Crippen LogP contribution in [0.3, 0.4) is 0 Å². The highest BCUT2D eigenvalue weighted by atomic mass is 19.1. The topological polar surface area (TPSA) is 63.1 Å². The van der Waals surface area contributed by atoms with E-state index >= 15 is 0 Å². The van der Waals surface area contributed by atoms with E-state index in [9.17, 15) is 14.0 Å². The van der Waals surface area contributed by atoms with Crippen LogP contribution in [0.4, 0.5) is 10.1 Å². The van der Waals surface area contributed by atoms with Gasteiger partial charge < -0.3 is 15.2 Å². The van der Waals surface area contributed by atoms with Crippen LogP contribution in [0.15, 0.2) is 54.7 Å². The predicted octanol–water partition coefficient (Wildman–Crippen LogP) is 3.06. The van der Waals surface area contributed by atoms with Crippen molar-refractivity contribution in [2.75, 3.05) is 5.32 Å². The van der Waals surface area contributed by atoms with Crippen LogP contribution < -0.4 is 10.6 Å². The molecule has 0 aliphatic rings. The van der Waals surface area contributed by atoms with Gasteiger partial charge in [-0.25, -0.2) is 4.39 Å². The Hall–Kier alpha value is -3.15. The number of carbonyl (C=O) groups excluding carboxylic acids is 2. The van der Waals surface area contributed by atoms with Crippen molar-refractivity contribution in [2.45, 2.75) is 20.0 Å². The summed E-state index contributed by atoms with van der Waals surface area (Å²) in [5.74, 6) is -0.706. The molecular weight excluding hydrogens is 321 g/mol. The van der Waals surface area contributed by atoms with Crippen molar-refractivity contribution in [2.24, 2.45) is 0 Å². The van der Waals surface area contributed by atoms with E-state index in [-0.39, 0.29) is 30.7 Å². The first-order valence-electron chi connectivity index (χ1n) is 7.90. The molecule has 0 bridgehead atoms. The number of anilines is 1. The zero-order valence-corrected chi connectivity index (χ0v) is 13.8. The average Bonchev–Trinajstić information content (AvgIpc) is 2.98. The summed E-state index contributed by atoms with van der Waals surface area (Å²) in [6, 6.07) is 13.7. The monoisotopic (exact) mass is 339 g/mol. The maximum Gasteiger partial charge on any atom is 0.240 e. The third-order valence-corrected chi connectivity index (χ3v) is 3.87. The Labute approximate surface area is 144 Å². The van der Waals surface area contributed by atoms with E-state index in [1.165, 1.54) is 13.0 Å². The second kappa shape index (κ2) is 7.17. The van der Waals surface area contributed by atoms with Crippen LogP contribution in [0, 0.1) is 5.82 Å². The van der Waals surface area contributed by atoms with Crippen LogP contribution in [-0.2, 0) is 22.7 Å². The standard InChI is InChI=1S/C19H18FN3O2/c1-13(24)22-17-7-4-8-18-15(17)9-10-23(18)12-19(25)21-11-14-5-2-3-6-16(14)20/h2-10H,11-12H2,1H3,(H,21,25)(H,22,24). The minimum Gasteiger partial charge on any atom is -0.350 e. The van der Waals surface area contributed by atoms with Crippen molar-refractivity contribution in [3.05, 3.63) is 66.1 Å². The van der Waals surface area contributed by atoms with Gasteiger partial charge >= 0.3 is 0 Å². The van der Waals surface area contributed by atoms with Crippen LogP contribution in [0.5, 0.6) is 0 Å². The predicted molar refractivity (Wildman–Crippen MR) is 94.5 cm³/mol. The lowest BCUT2D eigenvalue weighted by molar-refractivity contribution is -0.121. The Balaban J connectivity index is 1.71. The molecule has 0 saturated carbocycles. The van der Waals surface area contributed by atoms with E-state index < -0.39 is 0 Å². The Bertz CT molecular complexity index is 933. The highest BCUT2D eigenvalue weighted by Crippen LogP contribution is 2.24. The average molecular weight is 339 g/mol. The molecule has 0 radical (unpaired) electrons. The second-order valence-electron chi connectivity index (χ2n) is 5.73. The van der Waals surface area contributed by atoms with Crippen molar-refractivity contribution in [1.29, 1.82) is 0 Å². The van der Waals surface area contributed by atoms with Gasteiger partial charge in [-0.05, 0) is 24.3 Å². The van der Waals surface area contributed by atoms with Gasteiger partial charge in [-0.3, -0.25) is 9.59 Å². The summed E-state index contributed by atoms with van der Waals surface area (Å²) in [5, 5.41) is 6.35. The molecule has 0 aliphatic heterocycles. The lowest BCUT2D eigenvalue weighted by Crippen LogP contribution is -2.27. The first kappa shape index (κ1) is 16.7. The largest absolute Gasteiger partial charge is 0.350 e. The second-order valence-corrected chi connectivity index (χ2v) is 5.73. The van der Waals surface area contributed by atoms with Gasteiger partial charge in [-0.1, -0.05) is 24.3 Å². The molecule has 1 heterocycles. The Morgan fingerprint density at radius 3 is 2.64 bits per heavy atom. The van der Waals surface area contributed by atoms with Crippen LogP contribution in [0.1, 0.15) is 12.5 Å². The van der Waals surface area contributed by atoms with Crippen molar-refractivity contribution in [3.63, 3.8) is 0 Å².